The monoisotopic (exact) mass is 302 g/mol. The van der Waals surface area contributed by atoms with E-state index in [1.54, 1.807) is 0 Å². The molecule has 0 radical (unpaired) electrons. The Morgan fingerprint density at radius 1 is 0.824 bits per heavy atom. The van der Waals surface area contributed by atoms with E-state index < -0.39 is 9.90 Å². The minimum atomic E-state index is -1.53. The highest BCUT2D eigenvalue weighted by Gasteiger charge is 2.29. The molecule has 0 saturated carbocycles. The van der Waals surface area contributed by atoms with Crippen molar-refractivity contribution in [1.82, 2.24) is 0 Å². The van der Waals surface area contributed by atoms with Gasteiger partial charge in [0.05, 0.1) is 0 Å². The molecule has 0 heterocycles. The van der Waals surface area contributed by atoms with Crippen LogP contribution in [0.5, 0.6) is 0 Å². The fourth-order valence-electron chi connectivity index (χ4n) is 1.81. The van der Waals surface area contributed by atoms with Crippen LogP contribution in [0.4, 0.5) is 0 Å². The highest BCUT2D eigenvalue weighted by molar-refractivity contribution is 6.68. The quantitative estimate of drug-likeness (QED) is 0.409. The van der Waals surface area contributed by atoms with E-state index in [2.05, 4.69) is 6.92 Å². The Kier molecular flexibility index (Phi) is 11.2. The first-order valence-electron chi connectivity index (χ1n) is 6.73. The molecule has 0 aromatic rings. The van der Waals surface area contributed by atoms with Crippen LogP contribution in [0.25, 0.3) is 0 Å². The summed E-state index contributed by atoms with van der Waals surface area (Å²) in [5, 5.41) is 9.49. The Balaban J connectivity index is 3.19. The Bertz CT molecular complexity index is 169. The highest BCUT2D eigenvalue weighted by Crippen LogP contribution is 2.32. The van der Waals surface area contributed by atoms with Crippen LogP contribution in [0, 0.1) is 0 Å². The van der Waals surface area contributed by atoms with Gasteiger partial charge in [-0.05, 0) is 6.42 Å². The summed E-state index contributed by atoms with van der Waals surface area (Å²) in [7, 11) is 0. The van der Waals surface area contributed by atoms with Gasteiger partial charge in [-0.3, -0.25) is 0 Å². The van der Waals surface area contributed by atoms with Gasteiger partial charge < -0.3 is 5.11 Å². The van der Waals surface area contributed by atoms with Gasteiger partial charge in [-0.25, -0.2) is 0 Å². The van der Waals surface area contributed by atoms with Crippen LogP contribution in [-0.2, 0) is 0 Å². The van der Waals surface area contributed by atoms with Crippen LogP contribution in [-0.4, -0.2) is 15.0 Å². The van der Waals surface area contributed by atoms with Crippen LogP contribution in [0.15, 0.2) is 0 Å². The molecule has 0 aliphatic heterocycles. The van der Waals surface area contributed by atoms with Crippen molar-refractivity contribution in [2.45, 2.75) is 81.0 Å². The minimum Gasteiger partial charge on any atom is -0.389 e. The van der Waals surface area contributed by atoms with E-state index >= 15 is 0 Å². The van der Waals surface area contributed by atoms with E-state index in [1.807, 2.05) is 0 Å². The molecule has 1 nitrogen and oxygen atoms in total. The molecule has 1 unspecified atom stereocenters. The van der Waals surface area contributed by atoms with Gasteiger partial charge in [-0.1, -0.05) is 99.5 Å². The molecule has 0 bridgehead atoms. The van der Waals surface area contributed by atoms with Crippen molar-refractivity contribution in [3.63, 3.8) is 0 Å². The number of unbranched alkanes of at least 4 members (excludes halogenated alkanes) is 8. The van der Waals surface area contributed by atoms with Gasteiger partial charge >= 0.3 is 0 Å². The predicted octanol–water partition coefficient (Wildman–Crippen LogP) is 5.64. The Morgan fingerprint density at radius 2 is 1.24 bits per heavy atom. The standard InChI is InChI=1S/C13H25Cl3O/c1-2-3-4-5-6-7-8-9-10-11-12(17)13(14,15)16/h12,17H,2-11H2,1H3. The van der Waals surface area contributed by atoms with E-state index in [9.17, 15) is 5.11 Å². The molecular weight excluding hydrogens is 279 g/mol. The van der Waals surface area contributed by atoms with Crippen molar-refractivity contribution < 1.29 is 5.11 Å². The summed E-state index contributed by atoms with van der Waals surface area (Å²) in [6, 6.07) is 0. The van der Waals surface area contributed by atoms with Gasteiger partial charge in [0.25, 0.3) is 0 Å². The molecule has 1 atom stereocenters. The molecule has 0 aliphatic carbocycles. The Labute approximate surface area is 121 Å². The second-order valence-corrected chi connectivity index (χ2v) is 7.04. The van der Waals surface area contributed by atoms with Crippen molar-refractivity contribution in [1.29, 1.82) is 0 Å². The maximum Gasteiger partial charge on any atom is 0.216 e. The second kappa shape index (κ2) is 10.7. The smallest absolute Gasteiger partial charge is 0.216 e. The lowest BCUT2D eigenvalue weighted by Crippen LogP contribution is -2.24. The summed E-state index contributed by atoms with van der Waals surface area (Å²) < 4.78 is -1.53. The van der Waals surface area contributed by atoms with Gasteiger partial charge in [0.2, 0.25) is 3.79 Å². The third-order valence-electron chi connectivity index (χ3n) is 2.96. The SMILES string of the molecule is CCCCCCCCCCCC(O)C(Cl)(Cl)Cl. The fraction of sp³-hybridized carbons (Fsp3) is 1.00. The molecule has 0 saturated heterocycles. The summed E-state index contributed by atoms with van der Waals surface area (Å²) >= 11 is 16.7. The molecule has 0 amide bonds. The zero-order chi connectivity index (χ0) is 13.1. The largest absolute Gasteiger partial charge is 0.389 e. The van der Waals surface area contributed by atoms with Crippen molar-refractivity contribution in [3.8, 4) is 0 Å². The summed E-state index contributed by atoms with van der Waals surface area (Å²) in [4.78, 5) is 0. The summed E-state index contributed by atoms with van der Waals surface area (Å²) in [6.45, 7) is 2.23. The van der Waals surface area contributed by atoms with Crippen LogP contribution in [0.3, 0.4) is 0 Å². The molecule has 0 aromatic carbocycles. The molecule has 0 aromatic heterocycles. The topological polar surface area (TPSA) is 20.2 Å². The summed E-state index contributed by atoms with van der Waals surface area (Å²) in [6.07, 6.45) is 11.0. The zero-order valence-electron chi connectivity index (χ0n) is 10.7. The average molecular weight is 304 g/mol. The number of halogens is 3. The first-order chi connectivity index (χ1) is 7.98. The number of rotatable bonds is 10. The molecule has 0 fully saturated rings. The number of aliphatic hydroxyl groups is 1. The van der Waals surface area contributed by atoms with Crippen molar-refractivity contribution in [2.24, 2.45) is 0 Å². The molecule has 17 heavy (non-hydrogen) atoms. The zero-order valence-corrected chi connectivity index (χ0v) is 13.0. The third-order valence-corrected chi connectivity index (χ3v) is 3.71. The lowest BCUT2D eigenvalue weighted by molar-refractivity contribution is 0.164. The van der Waals surface area contributed by atoms with Gasteiger partial charge in [0, 0.05) is 0 Å². The Morgan fingerprint density at radius 3 is 1.65 bits per heavy atom. The average Bonchev–Trinajstić information content (AvgIpc) is 2.25. The normalized spacial score (nSPS) is 13.9. The van der Waals surface area contributed by atoms with Gasteiger partial charge in [0.1, 0.15) is 6.10 Å². The van der Waals surface area contributed by atoms with E-state index in [1.165, 1.54) is 44.9 Å². The van der Waals surface area contributed by atoms with Crippen molar-refractivity contribution >= 4 is 34.8 Å². The van der Waals surface area contributed by atoms with Crippen LogP contribution < -0.4 is 0 Å². The van der Waals surface area contributed by atoms with E-state index in [0.717, 1.165) is 12.8 Å². The Hall–Kier alpha value is 0.830. The molecule has 0 aliphatic rings. The summed E-state index contributed by atoms with van der Waals surface area (Å²) in [5.74, 6) is 0. The fourth-order valence-corrected chi connectivity index (χ4v) is 2.14. The molecule has 0 rings (SSSR count). The molecule has 4 heteroatoms. The van der Waals surface area contributed by atoms with Gasteiger partial charge in [0.15, 0.2) is 0 Å². The number of aliphatic hydroxyl groups excluding tert-OH is 1. The lowest BCUT2D eigenvalue weighted by Gasteiger charge is -2.18. The number of hydrogen-bond acceptors (Lipinski definition) is 1. The maximum absolute atomic E-state index is 9.49. The maximum atomic E-state index is 9.49. The van der Waals surface area contributed by atoms with Crippen LogP contribution in [0.1, 0.15) is 71.1 Å². The highest BCUT2D eigenvalue weighted by atomic mass is 35.6. The molecular formula is C13H25Cl3O. The van der Waals surface area contributed by atoms with E-state index in [4.69, 9.17) is 34.8 Å². The van der Waals surface area contributed by atoms with E-state index in [0.29, 0.717) is 6.42 Å². The van der Waals surface area contributed by atoms with Gasteiger partial charge in [-0.15, -0.1) is 0 Å². The van der Waals surface area contributed by atoms with Crippen LogP contribution >= 0.6 is 34.8 Å². The van der Waals surface area contributed by atoms with Crippen molar-refractivity contribution in [3.05, 3.63) is 0 Å². The van der Waals surface area contributed by atoms with Crippen molar-refractivity contribution in [2.75, 3.05) is 0 Å². The minimum absolute atomic E-state index is 0.576. The summed E-state index contributed by atoms with van der Waals surface area (Å²) in [5.41, 5.74) is 0. The molecule has 1 N–H and O–H groups in total. The number of alkyl halides is 3. The first kappa shape index (κ1) is 17.8. The molecule has 104 valence electrons. The van der Waals surface area contributed by atoms with E-state index in [-0.39, 0.29) is 0 Å². The van der Waals surface area contributed by atoms with Gasteiger partial charge in [-0.2, -0.15) is 0 Å². The lowest BCUT2D eigenvalue weighted by atomic mass is 10.1. The third kappa shape index (κ3) is 11.6. The predicted molar refractivity (Wildman–Crippen MR) is 78.1 cm³/mol. The van der Waals surface area contributed by atoms with Crippen LogP contribution in [0.2, 0.25) is 0 Å². The molecule has 0 spiro atoms. The first-order valence-corrected chi connectivity index (χ1v) is 7.86. The number of hydrogen-bond donors (Lipinski definition) is 1. The second-order valence-electron chi connectivity index (χ2n) is 4.67.